The Hall–Kier alpha value is -2.25. The van der Waals surface area contributed by atoms with Crippen molar-refractivity contribution >= 4 is 5.91 Å². The first-order valence-corrected chi connectivity index (χ1v) is 7.89. The van der Waals surface area contributed by atoms with Crippen LogP contribution in [0.5, 0.6) is 0 Å². The Balaban J connectivity index is 2.14. The van der Waals surface area contributed by atoms with Gasteiger partial charge in [-0.3, -0.25) is 9.69 Å². The second-order valence-electron chi connectivity index (χ2n) is 6.72. The van der Waals surface area contributed by atoms with Crippen LogP contribution in [0.4, 0.5) is 0 Å². The Bertz CT molecular complexity index is 676. The second-order valence-corrected chi connectivity index (χ2v) is 6.72. The van der Waals surface area contributed by atoms with Gasteiger partial charge in [0.05, 0.1) is 25.1 Å². The summed E-state index contributed by atoms with van der Waals surface area (Å²) in [5, 5.41) is 14.4. The van der Waals surface area contributed by atoms with Crippen LogP contribution in [0.3, 0.4) is 0 Å². The van der Waals surface area contributed by atoms with Crippen molar-refractivity contribution in [2.75, 3.05) is 7.05 Å². The molecule has 1 aromatic carbocycles. The van der Waals surface area contributed by atoms with Crippen molar-refractivity contribution in [1.82, 2.24) is 19.7 Å². The Labute approximate surface area is 142 Å². The van der Waals surface area contributed by atoms with Gasteiger partial charge in [-0.15, -0.1) is 0 Å². The fourth-order valence-electron chi connectivity index (χ4n) is 2.46. The van der Waals surface area contributed by atoms with Crippen molar-refractivity contribution in [2.24, 2.45) is 5.73 Å². The van der Waals surface area contributed by atoms with Crippen LogP contribution in [0.25, 0.3) is 0 Å². The molecule has 2 aromatic rings. The predicted molar refractivity (Wildman–Crippen MR) is 90.8 cm³/mol. The van der Waals surface area contributed by atoms with Gasteiger partial charge in [0.2, 0.25) is 5.91 Å². The lowest BCUT2D eigenvalue weighted by atomic mass is 10.1. The van der Waals surface area contributed by atoms with Crippen molar-refractivity contribution in [3.05, 3.63) is 47.5 Å². The third-order valence-corrected chi connectivity index (χ3v) is 3.37. The molecule has 0 atom stereocenters. The molecule has 0 aliphatic heterocycles. The van der Waals surface area contributed by atoms with E-state index in [0.29, 0.717) is 24.7 Å². The number of primary amides is 1. The Morgan fingerprint density at radius 3 is 2.54 bits per heavy atom. The van der Waals surface area contributed by atoms with Crippen LogP contribution in [0.2, 0.25) is 0 Å². The maximum Gasteiger partial charge on any atom is 0.225 e. The highest BCUT2D eigenvalue weighted by Gasteiger charge is 2.20. The third kappa shape index (κ3) is 5.75. The number of benzene rings is 1. The molecule has 1 heterocycles. The molecular formula is C17H25N5O2. The van der Waals surface area contributed by atoms with Crippen LogP contribution in [-0.2, 0) is 30.8 Å². The molecular weight excluding hydrogens is 306 g/mol. The molecule has 0 aliphatic rings. The largest absolute Gasteiger partial charge is 0.389 e. The number of amides is 1. The number of aromatic nitrogens is 3. The van der Waals surface area contributed by atoms with Gasteiger partial charge in [0.1, 0.15) is 5.82 Å². The van der Waals surface area contributed by atoms with Gasteiger partial charge < -0.3 is 10.8 Å². The topological polar surface area (TPSA) is 97.3 Å². The van der Waals surface area contributed by atoms with Crippen molar-refractivity contribution in [3.8, 4) is 0 Å². The molecule has 0 saturated carbocycles. The molecule has 0 fully saturated rings. The number of rotatable bonds is 8. The highest BCUT2D eigenvalue weighted by molar-refractivity contribution is 5.75. The van der Waals surface area contributed by atoms with E-state index < -0.39 is 11.5 Å². The van der Waals surface area contributed by atoms with Crippen LogP contribution >= 0.6 is 0 Å². The zero-order valence-electron chi connectivity index (χ0n) is 14.4. The molecule has 130 valence electrons. The number of nitrogens with zero attached hydrogens (tertiary/aromatic N) is 4. The van der Waals surface area contributed by atoms with E-state index in [4.69, 9.17) is 5.73 Å². The Kier molecular flexibility index (Phi) is 5.69. The van der Waals surface area contributed by atoms with E-state index in [-0.39, 0.29) is 6.42 Å². The first kappa shape index (κ1) is 18.1. The molecule has 7 nitrogen and oxygen atoms in total. The van der Waals surface area contributed by atoms with Gasteiger partial charge in [-0.05, 0) is 26.5 Å². The quantitative estimate of drug-likeness (QED) is 0.742. The van der Waals surface area contributed by atoms with E-state index in [1.807, 2.05) is 25.2 Å². The first-order chi connectivity index (χ1) is 11.2. The number of nitrogens with two attached hydrogens (primary N) is 1. The fourth-order valence-corrected chi connectivity index (χ4v) is 2.46. The van der Waals surface area contributed by atoms with E-state index in [9.17, 15) is 9.90 Å². The lowest BCUT2D eigenvalue weighted by molar-refractivity contribution is -0.117. The van der Waals surface area contributed by atoms with Crippen molar-refractivity contribution in [1.29, 1.82) is 0 Å². The van der Waals surface area contributed by atoms with Gasteiger partial charge in [0, 0.05) is 6.54 Å². The van der Waals surface area contributed by atoms with Gasteiger partial charge in [0.25, 0.3) is 0 Å². The smallest absolute Gasteiger partial charge is 0.225 e. The lowest BCUT2D eigenvalue weighted by Crippen LogP contribution is -2.29. The SMILES string of the molecule is CN(Cc1ccccc1)Cc1nc(CC(N)=O)nn1CC(C)(C)O. The van der Waals surface area contributed by atoms with Crippen LogP contribution in [-0.4, -0.2) is 43.3 Å². The maximum absolute atomic E-state index is 11.1. The number of hydrogen-bond donors (Lipinski definition) is 2. The Morgan fingerprint density at radius 2 is 1.96 bits per heavy atom. The summed E-state index contributed by atoms with van der Waals surface area (Å²) < 4.78 is 1.65. The standard InChI is InChI=1S/C17H25N5O2/c1-17(2,24)12-22-16(19-15(20-22)9-14(18)23)11-21(3)10-13-7-5-4-6-8-13/h4-8,24H,9-12H2,1-3H3,(H2,18,23). The molecule has 1 amide bonds. The molecule has 7 heteroatoms. The number of carbonyl (C=O) groups is 1. The summed E-state index contributed by atoms with van der Waals surface area (Å²) >= 11 is 0. The van der Waals surface area contributed by atoms with Crippen molar-refractivity contribution < 1.29 is 9.90 Å². The van der Waals surface area contributed by atoms with Gasteiger partial charge >= 0.3 is 0 Å². The highest BCUT2D eigenvalue weighted by atomic mass is 16.3. The first-order valence-electron chi connectivity index (χ1n) is 7.89. The summed E-state index contributed by atoms with van der Waals surface area (Å²) in [6.07, 6.45) is -0.00570. The molecule has 2 rings (SSSR count). The van der Waals surface area contributed by atoms with E-state index in [1.165, 1.54) is 5.56 Å². The summed E-state index contributed by atoms with van der Waals surface area (Å²) in [5.41, 5.74) is 5.50. The summed E-state index contributed by atoms with van der Waals surface area (Å²) in [5.74, 6) is 0.612. The molecule has 0 unspecified atom stereocenters. The molecule has 0 aliphatic carbocycles. The Morgan fingerprint density at radius 1 is 1.29 bits per heavy atom. The summed E-state index contributed by atoms with van der Waals surface area (Å²) in [6.45, 7) is 5.03. The number of carbonyl (C=O) groups excluding carboxylic acids is 1. The predicted octanol–water partition coefficient (Wildman–Crippen LogP) is 0.709. The zero-order valence-corrected chi connectivity index (χ0v) is 14.4. The minimum absolute atomic E-state index is 0.00570. The average Bonchev–Trinajstić information content (AvgIpc) is 2.78. The number of aliphatic hydroxyl groups is 1. The molecule has 3 N–H and O–H groups in total. The van der Waals surface area contributed by atoms with Crippen molar-refractivity contribution in [2.45, 2.75) is 45.5 Å². The zero-order chi connectivity index (χ0) is 17.7. The van der Waals surface area contributed by atoms with E-state index in [1.54, 1.807) is 18.5 Å². The normalized spacial score (nSPS) is 11.9. The maximum atomic E-state index is 11.1. The fraction of sp³-hybridized carbons (Fsp3) is 0.471. The second kappa shape index (κ2) is 7.55. The molecule has 1 aromatic heterocycles. The van der Waals surface area contributed by atoms with Crippen LogP contribution in [0.15, 0.2) is 30.3 Å². The van der Waals surface area contributed by atoms with E-state index in [2.05, 4.69) is 27.1 Å². The lowest BCUT2D eigenvalue weighted by Gasteiger charge is -2.20. The number of hydrogen-bond acceptors (Lipinski definition) is 5. The molecule has 0 saturated heterocycles. The van der Waals surface area contributed by atoms with Gasteiger partial charge in [-0.25, -0.2) is 9.67 Å². The minimum Gasteiger partial charge on any atom is -0.389 e. The summed E-state index contributed by atoms with van der Waals surface area (Å²) in [4.78, 5) is 17.6. The molecule has 0 bridgehead atoms. The van der Waals surface area contributed by atoms with E-state index in [0.717, 1.165) is 6.54 Å². The average molecular weight is 331 g/mol. The van der Waals surface area contributed by atoms with Crippen LogP contribution < -0.4 is 5.73 Å². The van der Waals surface area contributed by atoms with Crippen LogP contribution in [0, 0.1) is 0 Å². The third-order valence-electron chi connectivity index (χ3n) is 3.37. The summed E-state index contributed by atoms with van der Waals surface area (Å²) in [7, 11) is 1.99. The summed E-state index contributed by atoms with van der Waals surface area (Å²) in [6, 6.07) is 10.1. The van der Waals surface area contributed by atoms with Gasteiger partial charge in [0.15, 0.2) is 5.82 Å². The molecule has 0 radical (unpaired) electrons. The molecule has 24 heavy (non-hydrogen) atoms. The van der Waals surface area contributed by atoms with Gasteiger partial charge in [-0.1, -0.05) is 30.3 Å². The molecule has 0 spiro atoms. The van der Waals surface area contributed by atoms with E-state index >= 15 is 0 Å². The van der Waals surface area contributed by atoms with Gasteiger partial charge in [-0.2, -0.15) is 5.10 Å². The highest BCUT2D eigenvalue weighted by Crippen LogP contribution is 2.11. The monoisotopic (exact) mass is 331 g/mol. The minimum atomic E-state index is -0.926. The van der Waals surface area contributed by atoms with Crippen LogP contribution in [0.1, 0.15) is 31.1 Å². The van der Waals surface area contributed by atoms with Crippen molar-refractivity contribution in [3.63, 3.8) is 0 Å².